The summed E-state index contributed by atoms with van der Waals surface area (Å²) in [5, 5.41) is 2.65. The van der Waals surface area contributed by atoms with E-state index in [9.17, 15) is 9.18 Å². The molecule has 0 aliphatic rings. The van der Waals surface area contributed by atoms with Crippen molar-refractivity contribution in [3.63, 3.8) is 0 Å². The van der Waals surface area contributed by atoms with Gasteiger partial charge in [-0.3, -0.25) is 4.79 Å². The van der Waals surface area contributed by atoms with Gasteiger partial charge in [0.15, 0.2) is 18.2 Å². The first-order chi connectivity index (χ1) is 9.58. The van der Waals surface area contributed by atoms with Crippen LogP contribution in [0.15, 0.2) is 46.9 Å². The molecule has 0 heterocycles. The third-order valence-electron chi connectivity index (χ3n) is 2.49. The maximum atomic E-state index is 13.4. The second-order valence-corrected chi connectivity index (χ2v) is 4.83. The Kier molecular flexibility index (Phi) is 4.57. The highest BCUT2D eigenvalue weighted by Gasteiger charge is 2.10. The van der Waals surface area contributed by atoms with Gasteiger partial charge in [-0.25, -0.2) is 4.39 Å². The molecule has 0 aliphatic carbocycles. The van der Waals surface area contributed by atoms with Crippen molar-refractivity contribution < 1.29 is 13.9 Å². The Morgan fingerprint density at radius 3 is 2.70 bits per heavy atom. The third-order valence-corrected chi connectivity index (χ3v) is 3.18. The van der Waals surface area contributed by atoms with Gasteiger partial charge in [-0.2, -0.15) is 0 Å². The van der Waals surface area contributed by atoms with Gasteiger partial charge in [-0.1, -0.05) is 18.2 Å². The molecule has 0 fully saturated rings. The molecule has 2 rings (SSSR count). The first-order valence-electron chi connectivity index (χ1n) is 5.79. The molecule has 2 aromatic carbocycles. The SMILES string of the molecule is Nc1cccc(F)c1OCC(=O)Nc1ccccc1Br. The molecular formula is C14H12BrFN2O2. The van der Waals surface area contributed by atoms with Crippen molar-refractivity contribution in [3.8, 4) is 5.75 Å². The molecule has 0 bridgehead atoms. The lowest BCUT2D eigenvalue weighted by atomic mass is 10.3. The van der Waals surface area contributed by atoms with E-state index in [4.69, 9.17) is 10.5 Å². The lowest BCUT2D eigenvalue weighted by Gasteiger charge is -2.10. The Labute approximate surface area is 123 Å². The van der Waals surface area contributed by atoms with Crippen LogP contribution in [0.3, 0.4) is 0 Å². The second-order valence-electron chi connectivity index (χ2n) is 3.97. The summed E-state index contributed by atoms with van der Waals surface area (Å²) in [7, 11) is 0. The summed E-state index contributed by atoms with van der Waals surface area (Å²) in [6, 6.07) is 11.3. The number of para-hydroxylation sites is 2. The number of benzene rings is 2. The summed E-state index contributed by atoms with van der Waals surface area (Å²) in [5.41, 5.74) is 6.35. The molecular weight excluding hydrogens is 327 g/mol. The minimum Gasteiger partial charge on any atom is -0.479 e. The van der Waals surface area contributed by atoms with E-state index < -0.39 is 11.7 Å². The zero-order valence-corrected chi connectivity index (χ0v) is 12.0. The van der Waals surface area contributed by atoms with Crippen LogP contribution in [-0.2, 0) is 4.79 Å². The van der Waals surface area contributed by atoms with Crippen LogP contribution in [-0.4, -0.2) is 12.5 Å². The topological polar surface area (TPSA) is 64.3 Å². The van der Waals surface area contributed by atoms with E-state index >= 15 is 0 Å². The van der Waals surface area contributed by atoms with Gasteiger partial charge >= 0.3 is 0 Å². The minimum absolute atomic E-state index is 0.116. The molecule has 0 saturated carbocycles. The monoisotopic (exact) mass is 338 g/mol. The van der Waals surface area contributed by atoms with Gasteiger partial charge in [0.05, 0.1) is 11.4 Å². The van der Waals surface area contributed by atoms with Crippen LogP contribution < -0.4 is 15.8 Å². The van der Waals surface area contributed by atoms with Crippen LogP contribution in [0.25, 0.3) is 0 Å². The summed E-state index contributed by atoms with van der Waals surface area (Å²) in [6.45, 7) is -0.327. The molecule has 0 saturated heterocycles. The Balaban J connectivity index is 1.98. The van der Waals surface area contributed by atoms with Crippen LogP contribution in [0.2, 0.25) is 0 Å². The van der Waals surface area contributed by atoms with Crippen LogP contribution in [0.1, 0.15) is 0 Å². The van der Waals surface area contributed by atoms with Crippen molar-refractivity contribution in [1.82, 2.24) is 0 Å². The van der Waals surface area contributed by atoms with E-state index in [2.05, 4.69) is 21.2 Å². The Bertz CT molecular complexity index is 614. The molecule has 0 aromatic heterocycles. The van der Waals surface area contributed by atoms with Crippen molar-refractivity contribution in [3.05, 3.63) is 52.8 Å². The summed E-state index contributed by atoms with van der Waals surface area (Å²) < 4.78 is 19.3. The molecule has 0 radical (unpaired) electrons. The van der Waals surface area contributed by atoms with Gasteiger partial charge in [0.25, 0.3) is 5.91 Å². The maximum absolute atomic E-state index is 13.4. The molecule has 20 heavy (non-hydrogen) atoms. The summed E-state index contributed by atoms with van der Waals surface area (Å²) >= 11 is 3.31. The molecule has 0 unspecified atom stereocenters. The van der Waals surface area contributed by atoms with Crippen LogP contribution in [0.5, 0.6) is 5.75 Å². The second kappa shape index (κ2) is 6.38. The van der Waals surface area contributed by atoms with Crippen LogP contribution in [0.4, 0.5) is 15.8 Å². The summed E-state index contributed by atoms with van der Waals surface area (Å²) in [4.78, 5) is 11.7. The number of rotatable bonds is 4. The minimum atomic E-state index is -0.598. The number of halogens is 2. The van der Waals surface area contributed by atoms with E-state index in [1.165, 1.54) is 18.2 Å². The molecule has 4 nitrogen and oxygen atoms in total. The van der Waals surface area contributed by atoms with E-state index in [1.54, 1.807) is 18.2 Å². The number of ether oxygens (including phenoxy) is 1. The summed E-state index contributed by atoms with van der Waals surface area (Å²) in [5.74, 6) is -1.12. The average Bonchev–Trinajstić information content (AvgIpc) is 2.41. The Morgan fingerprint density at radius 1 is 1.25 bits per heavy atom. The number of carbonyl (C=O) groups excluding carboxylic acids is 1. The molecule has 0 spiro atoms. The fourth-order valence-electron chi connectivity index (χ4n) is 1.56. The molecule has 6 heteroatoms. The van der Waals surface area contributed by atoms with E-state index in [0.717, 1.165) is 4.47 Å². The van der Waals surface area contributed by atoms with Gasteiger partial charge in [0, 0.05) is 4.47 Å². The number of hydrogen-bond acceptors (Lipinski definition) is 3. The number of nitrogen functional groups attached to an aromatic ring is 1. The zero-order chi connectivity index (χ0) is 14.5. The largest absolute Gasteiger partial charge is 0.479 e. The van der Waals surface area contributed by atoms with Crippen molar-refractivity contribution in [1.29, 1.82) is 0 Å². The zero-order valence-electron chi connectivity index (χ0n) is 10.4. The van der Waals surface area contributed by atoms with Crippen molar-refractivity contribution >= 4 is 33.2 Å². The smallest absolute Gasteiger partial charge is 0.262 e. The maximum Gasteiger partial charge on any atom is 0.262 e. The Morgan fingerprint density at radius 2 is 2.00 bits per heavy atom. The quantitative estimate of drug-likeness (QED) is 0.841. The van der Waals surface area contributed by atoms with Crippen molar-refractivity contribution in [2.75, 3.05) is 17.7 Å². The molecule has 0 aliphatic heterocycles. The molecule has 0 atom stereocenters. The first kappa shape index (κ1) is 14.3. The van der Waals surface area contributed by atoms with Gasteiger partial charge in [-0.15, -0.1) is 0 Å². The van der Waals surface area contributed by atoms with Gasteiger partial charge in [0.1, 0.15) is 0 Å². The molecule has 104 valence electrons. The number of anilines is 2. The van der Waals surface area contributed by atoms with Gasteiger partial charge in [-0.05, 0) is 40.2 Å². The highest BCUT2D eigenvalue weighted by atomic mass is 79.9. The lowest BCUT2D eigenvalue weighted by molar-refractivity contribution is -0.118. The highest BCUT2D eigenvalue weighted by molar-refractivity contribution is 9.10. The highest BCUT2D eigenvalue weighted by Crippen LogP contribution is 2.25. The number of nitrogens with two attached hydrogens (primary N) is 1. The Hall–Kier alpha value is -2.08. The lowest BCUT2D eigenvalue weighted by Crippen LogP contribution is -2.21. The van der Waals surface area contributed by atoms with Crippen molar-refractivity contribution in [2.45, 2.75) is 0 Å². The number of carbonyl (C=O) groups is 1. The van der Waals surface area contributed by atoms with Gasteiger partial charge in [0.2, 0.25) is 0 Å². The van der Waals surface area contributed by atoms with Crippen LogP contribution >= 0.6 is 15.9 Å². The first-order valence-corrected chi connectivity index (χ1v) is 6.58. The molecule has 1 amide bonds. The predicted molar refractivity (Wildman–Crippen MR) is 79.1 cm³/mol. The standard InChI is InChI=1S/C14H12BrFN2O2/c15-9-4-1-2-7-12(9)18-13(19)8-20-14-10(16)5-3-6-11(14)17/h1-7H,8,17H2,(H,18,19). The fraction of sp³-hybridized carbons (Fsp3) is 0.0714. The predicted octanol–water partition coefficient (Wildman–Crippen LogP) is 3.19. The normalized spacial score (nSPS) is 10.1. The van der Waals surface area contributed by atoms with E-state index in [0.29, 0.717) is 5.69 Å². The van der Waals surface area contributed by atoms with Gasteiger partial charge < -0.3 is 15.8 Å². The number of hydrogen-bond donors (Lipinski definition) is 2. The van der Waals surface area contributed by atoms with E-state index in [1.807, 2.05) is 6.07 Å². The molecule has 3 N–H and O–H groups in total. The number of amides is 1. The molecule has 2 aromatic rings. The van der Waals surface area contributed by atoms with Crippen molar-refractivity contribution in [2.24, 2.45) is 0 Å². The average molecular weight is 339 g/mol. The fourth-order valence-corrected chi connectivity index (χ4v) is 1.95. The third kappa shape index (κ3) is 3.48. The number of nitrogens with one attached hydrogen (secondary N) is 1. The summed E-state index contributed by atoms with van der Waals surface area (Å²) in [6.07, 6.45) is 0. The van der Waals surface area contributed by atoms with Crippen LogP contribution in [0, 0.1) is 5.82 Å². The van der Waals surface area contributed by atoms with E-state index in [-0.39, 0.29) is 18.0 Å².